The minimum atomic E-state index is -0.937. The molecular formula is C13H17NO3. The molecule has 1 aliphatic heterocycles. The van der Waals surface area contributed by atoms with Crippen LogP contribution >= 0.6 is 0 Å². The van der Waals surface area contributed by atoms with Crippen LogP contribution in [0.1, 0.15) is 18.4 Å². The summed E-state index contributed by atoms with van der Waals surface area (Å²) in [6.07, 6.45) is 0.657. The summed E-state index contributed by atoms with van der Waals surface area (Å²) in [5, 5.41) is 18.9. The van der Waals surface area contributed by atoms with Crippen molar-refractivity contribution < 1.29 is 15.0 Å². The van der Waals surface area contributed by atoms with E-state index in [1.807, 2.05) is 35.2 Å². The monoisotopic (exact) mass is 235 g/mol. The maximum Gasteiger partial charge on any atom is 0.323 e. The van der Waals surface area contributed by atoms with Gasteiger partial charge in [-0.25, -0.2) is 0 Å². The second kappa shape index (κ2) is 5.29. The number of aliphatic hydroxyl groups is 1. The van der Waals surface area contributed by atoms with Gasteiger partial charge < -0.3 is 10.2 Å². The van der Waals surface area contributed by atoms with Gasteiger partial charge in [-0.05, 0) is 24.9 Å². The molecule has 1 heterocycles. The molecule has 4 nitrogen and oxygen atoms in total. The molecule has 0 aliphatic carbocycles. The quantitative estimate of drug-likeness (QED) is 0.823. The summed E-state index contributed by atoms with van der Waals surface area (Å²) in [6, 6.07) is 8.98. The highest BCUT2D eigenvalue weighted by Gasteiger charge is 2.35. The van der Waals surface area contributed by atoms with Crippen molar-refractivity contribution in [2.75, 3.05) is 6.54 Å². The van der Waals surface area contributed by atoms with Gasteiger partial charge in [-0.3, -0.25) is 9.69 Å². The third kappa shape index (κ3) is 2.84. The number of aliphatic hydroxyl groups excluding tert-OH is 1. The molecule has 17 heavy (non-hydrogen) atoms. The van der Waals surface area contributed by atoms with Crippen molar-refractivity contribution >= 4 is 5.97 Å². The molecule has 92 valence electrons. The number of likely N-dealkylation sites (tertiary alicyclic amines) is 1. The summed E-state index contributed by atoms with van der Waals surface area (Å²) < 4.78 is 0. The number of carboxylic acid groups (broad SMARTS) is 1. The van der Waals surface area contributed by atoms with Crippen molar-refractivity contribution in [3.63, 3.8) is 0 Å². The first-order valence-electron chi connectivity index (χ1n) is 5.87. The Morgan fingerprint density at radius 3 is 2.71 bits per heavy atom. The van der Waals surface area contributed by atoms with Crippen molar-refractivity contribution in [3.05, 3.63) is 35.9 Å². The third-order valence-corrected chi connectivity index (χ3v) is 3.18. The van der Waals surface area contributed by atoms with Gasteiger partial charge in [0, 0.05) is 6.54 Å². The van der Waals surface area contributed by atoms with Crippen molar-refractivity contribution in [3.8, 4) is 0 Å². The van der Waals surface area contributed by atoms with Crippen molar-refractivity contribution in [2.45, 2.75) is 31.5 Å². The van der Waals surface area contributed by atoms with E-state index in [1.54, 1.807) is 0 Å². The topological polar surface area (TPSA) is 60.8 Å². The fourth-order valence-corrected chi connectivity index (χ4v) is 2.36. The van der Waals surface area contributed by atoms with Gasteiger partial charge in [-0.2, -0.15) is 0 Å². The maximum atomic E-state index is 11.2. The molecule has 0 radical (unpaired) electrons. The number of piperidine rings is 1. The Morgan fingerprint density at radius 1 is 1.35 bits per heavy atom. The Kier molecular flexibility index (Phi) is 3.76. The van der Waals surface area contributed by atoms with E-state index in [0.29, 0.717) is 13.0 Å². The number of carbonyl (C=O) groups is 1. The van der Waals surface area contributed by atoms with Crippen LogP contribution in [0, 0.1) is 0 Å². The molecule has 0 amide bonds. The van der Waals surface area contributed by atoms with Crippen LogP contribution in [-0.2, 0) is 11.3 Å². The van der Waals surface area contributed by atoms with Gasteiger partial charge in [0.15, 0.2) is 0 Å². The summed E-state index contributed by atoms with van der Waals surface area (Å²) in [5.41, 5.74) is 1.08. The standard InChI is InChI=1S/C13H17NO3/c15-11-7-4-8-14(12(11)13(16)17)9-10-5-2-1-3-6-10/h1-3,5-6,11-12,15H,4,7-9H2,(H,16,17). The zero-order valence-corrected chi connectivity index (χ0v) is 9.62. The largest absolute Gasteiger partial charge is 0.480 e. The second-order valence-corrected chi connectivity index (χ2v) is 4.45. The summed E-state index contributed by atoms with van der Waals surface area (Å²) in [6.45, 7) is 1.30. The van der Waals surface area contributed by atoms with Crippen LogP contribution in [0.5, 0.6) is 0 Å². The van der Waals surface area contributed by atoms with Crippen molar-refractivity contribution in [1.29, 1.82) is 0 Å². The predicted octanol–water partition coefficient (Wildman–Crippen LogP) is 1.10. The number of carboxylic acids is 1. The second-order valence-electron chi connectivity index (χ2n) is 4.45. The SMILES string of the molecule is O=C(O)C1C(O)CCCN1Cc1ccccc1. The Bertz CT molecular complexity index is 380. The highest BCUT2D eigenvalue weighted by atomic mass is 16.4. The molecule has 2 N–H and O–H groups in total. The van der Waals surface area contributed by atoms with E-state index in [0.717, 1.165) is 18.5 Å². The first-order chi connectivity index (χ1) is 8.18. The van der Waals surface area contributed by atoms with Gasteiger partial charge in [0.25, 0.3) is 0 Å². The predicted molar refractivity (Wildman–Crippen MR) is 63.5 cm³/mol. The molecule has 1 saturated heterocycles. The van der Waals surface area contributed by atoms with E-state index >= 15 is 0 Å². The van der Waals surface area contributed by atoms with Gasteiger partial charge in [-0.15, -0.1) is 0 Å². The highest BCUT2D eigenvalue weighted by molar-refractivity contribution is 5.74. The highest BCUT2D eigenvalue weighted by Crippen LogP contribution is 2.20. The fraction of sp³-hybridized carbons (Fsp3) is 0.462. The number of nitrogens with zero attached hydrogens (tertiary/aromatic N) is 1. The summed E-state index contributed by atoms with van der Waals surface area (Å²) in [7, 11) is 0. The molecule has 0 saturated carbocycles. The lowest BCUT2D eigenvalue weighted by Gasteiger charge is -2.36. The Labute approximate surface area is 100 Å². The van der Waals surface area contributed by atoms with Crippen LogP contribution in [0.3, 0.4) is 0 Å². The van der Waals surface area contributed by atoms with E-state index < -0.39 is 18.1 Å². The van der Waals surface area contributed by atoms with Crippen LogP contribution in [0.4, 0.5) is 0 Å². The molecule has 1 fully saturated rings. The Balaban J connectivity index is 2.10. The molecule has 0 spiro atoms. The van der Waals surface area contributed by atoms with E-state index in [4.69, 9.17) is 5.11 Å². The first kappa shape index (κ1) is 12.1. The average Bonchev–Trinajstić information content (AvgIpc) is 2.30. The zero-order chi connectivity index (χ0) is 12.3. The molecule has 2 rings (SSSR count). The lowest BCUT2D eigenvalue weighted by atomic mass is 9.98. The van der Waals surface area contributed by atoms with Crippen LogP contribution in [0.25, 0.3) is 0 Å². The molecule has 2 atom stereocenters. The van der Waals surface area contributed by atoms with Crippen LogP contribution < -0.4 is 0 Å². The van der Waals surface area contributed by atoms with Crippen LogP contribution in [0.15, 0.2) is 30.3 Å². The summed E-state index contributed by atoms with van der Waals surface area (Å²) in [4.78, 5) is 13.0. The lowest BCUT2D eigenvalue weighted by molar-refractivity contribution is -0.150. The Hall–Kier alpha value is -1.39. The third-order valence-electron chi connectivity index (χ3n) is 3.18. The minimum absolute atomic E-state index is 0.572. The molecule has 0 bridgehead atoms. The summed E-state index contributed by atoms with van der Waals surface area (Å²) >= 11 is 0. The number of rotatable bonds is 3. The number of hydrogen-bond donors (Lipinski definition) is 2. The smallest absolute Gasteiger partial charge is 0.323 e. The van der Waals surface area contributed by atoms with E-state index in [9.17, 15) is 9.90 Å². The van der Waals surface area contributed by atoms with Gasteiger partial charge in [-0.1, -0.05) is 30.3 Å². The van der Waals surface area contributed by atoms with E-state index in [1.165, 1.54) is 0 Å². The van der Waals surface area contributed by atoms with Gasteiger partial charge in [0.1, 0.15) is 6.04 Å². The molecule has 1 aromatic rings. The minimum Gasteiger partial charge on any atom is -0.480 e. The molecule has 1 aromatic carbocycles. The maximum absolute atomic E-state index is 11.2. The van der Waals surface area contributed by atoms with Gasteiger partial charge >= 0.3 is 5.97 Å². The van der Waals surface area contributed by atoms with Crippen molar-refractivity contribution in [2.24, 2.45) is 0 Å². The molecule has 0 aromatic heterocycles. The summed E-state index contributed by atoms with van der Waals surface area (Å²) in [5.74, 6) is -0.937. The van der Waals surface area contributed by atoms with Crippen molar-refractivity contribution in [1.82, 2.24) is 4.90 Å². The number of benzene rings is 1. The van der Waals surface area contributed by atoms with Crippen LogP contribution in [-0.4, -0.2) is 39.8 Å². The van der Waals surface area contributed by atoms with E-state index in [2.05, 4.69) is 0 Å². The first-order valence-corrected chi connectivity index (χ1v) is 5.87. The normalized spacial score (nSPS) is 25.7. The number of hydrogen-bond acceptors (Lipinski definition) is 3. The van der Waals surface area contributed by atoms with E-state index in [-0.39, 0.29) is 0 Å². The van der Waals surface area contributed by atoms with Gasteiger partial charge in [0.05, 0.1) is 6.10 Å². The fourth-order valence-electron chi connectivity index (χ4n) is 2.36. The number of aliphatic carboxylic acids is 1. The molecule has 1 aliphatic rings. The Morgan fingerprint density at radius 2 is 2.06 bits per heavy atom. The zero-order valence-electron chi connectivity index (χ0n) is 9.62. The van der Waals surface area contributed by atoms with Crippen LogP contribution in [0.2, 0.25) is 0 Å². The molecule has 4 heteroatoms. The van der Waals surface area contributed by atoms with Gasteiger partial charge in [0.2, 0.25) is 0 Å². The molecular weight excluding hydrogens is 218 g/mol. The average molecular weight is 235 g/mol. The lowest BCUT2D eigenvalue weighted by Crippen LogP contribution is -2.52. The molecule has 2 unspecified atom stereocenters.